The van der Waals surface area contributed by atoms with E-state index in [2.05, 4.69) is 0 Å². The van der Waals surface area contributed by atoms with Crippen LogP contribution in [0.1, 0.15) is 24.0 Å². The van der Waals surface area contributed by atoms with E-state index >= 15 is 0 Å². The Kier molecular flexibility index (Phi) is 4.69. The molecule has 0 aromatic heterocycles. The molecule has 17 heavy (non-hydrogen) atoms. The van der Waals surface area contributed by atoms with E-state index in [0.717, 1.165) is 11.1 Å². The van der Waals surface area contributed by atoms with E-state index in [1.807, 2.05) is 31.2 Å². The van der Waals surface area contributed by atoms with Gasteiger partial charge in [0.25, 0.3) is 0 Å². The molecule has 1 atom stereocenters. The Hall–Kier alpha value is -1.84. The molecule has 1 aromatic carbocycles. The molecule has 1 rings (SSSR count). The summed E-state index contributed by atoms with van der Waals surface area (Å²) in [6.07, 6.45) is 0.442. The molecule has 0 radical (unpaired) electrons. The summed E-state index contributed by atoms with van der Waals surface area (Å²) >= 11 is 0. The molecule has 0 saturated carbocycles. The maximum absolute atomic E-state index is 11.0. The number of hydrogen-bond donors (Lipinski definition) is 2. The summed E-state index contributed by atoms with van der Waals surface area (Å²) < 4.78 is 0. The van der Waals surface area contributed by atoms with E-state index in [0.29, 0.717) is 6.42 Å². The topological polar surface area (TPSA) is 74.6 Å². The first-order valence-corrected chi connectivity index (χ1v) is 5.50. The highest BCUT2D eigenvalue weighted by atomic mass is 16.4. The second kappa shape index (κ2) is 6.03. The Bertz CT molecular complexity index is 412. The lowest BCUT2D eigenvalue weighted by molar-refractivity contribution is -0.142. The van der Waals surface area contributed by atoms with Gasteiger partial charge in [0.2, 0.25) is 0 Å². The van der Waals surface area contributed by atoms with E-state index in [9.17, 15) is 9.59 Å². The highest BCUT2D eigenvalue weighted by Gasteiger charge is 2.19. The summed E-state index contributed by atoms with van der Waals surface area (Å²) in [5.74, 6) is -2.53. The Balaban J connectivity index is 2.70. The lowest BCUT2D eigenvalue weighted by Crippen LogP contribution is -2.18. The first-order chi connectivity index (χ1) is 8.00. The minimum atomic E-state index is -0.957. The summed E-state index contributed by atoms with van der Waals surface area (Å²) in [5, 5.41) is 17.6. The molecule has 0 fully saturated rings. The minimum absolute atomic E-state index is 0.108. The van der Waals surface area contributed by atoms with Gasteiger partial charge in [0.1, 0.15) is 0 Å². The zero-order valence-electron chi connectivity index (χ0n) is 9.72. The van der Waals surface area contributed by atoms with Gasteiger partial charge in [-0.25, -0.2) is 0 Å². The van der Waals surface area contributed by atoms with Crippen molar-refractivity contribution in [3.8, 4) is 0 Å². The molecule has 0 saturated heterocycles. The van der Waals surface area contributed by atoms with Crippen molar-refractivity contribution >= 4 is 11.9 Å². The number of aliphatic carboxylic acids is 2. The average molecular weight is 236 g/mol. The van der Waals surface area contributed by atoms with Crippen LogP contribution in [0.5, 0.6) is 0 Å². The van der Waals surface area contributed by atoms with E-state index in [4.69, 9.17) is 10.2 Å². The monoisotopic (exact) mass is 236 g/mol. The molecule has 0 aliphatic rings. The van der Waals surface area contributed by atoms with Crippen LogP contribution in [-0.4, -0.2) is 22.2 Å². The lowest BCUT2D eigenvalue weighted by Gasteiger charge is -2.12. The molecule has 0 bridgehead atoms. The fourth-order valence-electron chi connectivity index (χ4n) is 1.72. The molecule has 0 amide bonds. The van der Waals surface area contributed by atoms with Crippen molar-refractivity contribution in [1.29, 1.82) is 0 Å². The normalized spacial score (nSPS) is 12.1. The van der Waals surface area contributed by atoms with Gasteiger partial charge in [0.05, 0.1) is 5.92 Å². The van der Waals surface area contributed by atoms with Crippen molar-refractivity contribution in [3.63, 3.8) is 0 Å². The molecule has 1 unspecified atom stereocenters. The first-order valence-electron chi connectivity index (χ1n) is 5.50. The van der Waals surface area contributed by atoms with Gasteiger partial charge in [-0.2, -0.15) is 0 Å². The van der Waals surface area contributed by atoms with Crippen molar-refractivity contribution in [2.75, 3.05) is 0 Å². The number of carboxylic acids is 2. The zero-order valence-corrected chi connectivity index (χ0v) is 9.72. The molecule has 0 aliphatic carbocycles. The Morgan fingerprint density at radius 3 is 2.41 bits per heavy atom. The van der Waals surface area contributed by atoms with Crippen LogP contribution in [0.2, 0.25) is 0 Å². The van der Waals surface area contributed by atoms with Gasteiger partial charge in [0.15, 0.2) is 0 Å². The summed E-state index contributed by atoms with van der Waals surface area (Å²) in [6.45, 7) is 1.92. The predicted molar refractivity (Wildman–Crippen MR) is 62.9 cm³/mol. The van der Waals surface area contributed by atoms with Gasteiger partial charge >= 0.3 is 11.9 Å². The minimum Gasteiger partial charge on any atom is -0.481 e. The second-order valence-corrected chi connectivity index (χ2v) is 4.10. The number of hydrogen-bond acceptors (Lipinski definition) is 2. The highest BCUT2D eigenvalue weighted by Crippen LogP contribution is 2.17. The standard InChI is InChI=1S/C13H16O4/c1-9-4-2-3-5-10(9)8-11(13(16)17)6-7-12(14)15/h2-5,11H,6-8H2,1H3,(H,14,15)(H,16,17). The maximum Gasteiger partial charge on any atom is 0.306 e. The average Bonchev–Trinajstić information content (AvgIpc) is 2.25. The number of benzene rings is 1. The van der Waals surface area contributed by atoms with Crippen molar-refractivity contribution in [2.24, 2.45) is 5.92 Å². The van der Waals surface area contributed by atoms with E-state index < -0.39 is 17.9 Å². The molecule has 92 valence electrons. The predicted octanol–water partition coefficient (Wildman–Crippen LogP) is 2.10. The van der Waals surface area contributed by atoms with E-state index in [-0.39, 0.29) is 12.8 Å². The van der Waals surface area contributed by atoms with E-state index in [1.54, 1.807) is 0 Å². The van der Waals surface area contributed by atoms with Crippen LogP contribution >= 0.6 is 0 Å². The second-order valence-electron chi connectivity index (χ2n) is 4.10. The van der Waals surface area contributed by atoms with Crippen LogP contribution in [0.3, 0.4) is 0 Å². The van der Waals surface area contributed by atoms with Crippen LogP contribution in [0, 0.1) is 12.8 Å². The van der Waals surface area contributed by atoms with Gasteiger partial charge in [-0.1, -0.05) is 24.3 Å². The van der Waals surface area contributed by atoms with Crippen LogP contribution in [0.4, 0.5) is 0 Å². The third kappa shape index (κ3) is 4.26. The Morgan fingerprint density at radius 2 is 1.88 bits per heavy atom. The SMILES string of the molecule is Cc1ccccc1CC(CCC(=O)O)C(=O)O. The molecule has 1 aromatic rings. The quantitative estimate of drug-likeness (QED) is 0.793. The van der Waals surface area contributed by atoms with Gasteiger partial charge in [-0.15, -0.1) is 0 Å². The fourth-order valence-corrected chi connectivity index (χ4v) is 1.72. The summed E-state index contributed by atoms with van der Waals surface area (Å²) in [5.41, 5.74) is 2.00. The van der Waals surface area contributed by atoms with Gasteiger partial charge in [0, 0.05) is 6.42 Å². The smallest absolute Gasteiger partial charge is 0.306 e. The number of aryl methyl sites for hydroxylation is 1. The molecule has 2 N–H and O–H groups in total. The molecule has 0 spiro atoms. The molecular weight excluding hydrogens is 220 g/mol. The van der Waals surface area contributed by atoms with Crippen molar-refractivity contribution in [3.05, 3.63) is 35.4 Å². The summed E-state index contributed by atoms with van der Waals surface area (Å²) in [6, 6.07) is 7.56. The van der Waals surface area contributed by atoms with Gasteiger partial charge in [-0.05, 0) is 30.9 Å². The van der Waals surface area contributed by atoms with Crippen LogP contribution in [0.25, 0.3) is 0 Å². The molecule has 4 heteroatoms. The maximum atomic E-state index is 11.0. The number of rotatable bonds is 6. The molecule has 0 heterocycles. The highest BCUT2D eigenvalue weighted by molar-refractivity contribution is 5.72. The Labute approximate surface area is 99.9 Å². The van der Waals surface area contributed by atoms with Crippen molar-refractivity contribution in [1.82, 2.24) is 0 Å². The zero-order chi connectivity index (χ0) is 12.8. The third-order valence-corrected chi connectivity index (χ3v) is 2.78. The molecule has 4 nitrogen and oxygen atoms in total. The van der Waals surface area contributed by atoms with Crippen LogP contribution in [-0.2, 0) is 16.0 Å². The van der Waals surface area contributed by atoms with E-state index in [1.165, 1.54) is 0 Å². The lowest BCUT2D eigenvalue weighted by atomic mass is 9.93. The first kappa shape index (κ1) is 13.2. The van der Waals surface area contributed by atoms with Gasteiger partial charge in [-0.3, -0.25) is 9.59 Å². The van der Waals surface area contributed by atoms with Gasteiger partial charge < -0.3 is 10.2 Å². The molecular formula is C13H16O4. The number of carbonyl (C=O) groups is 2. The van der Waals surface area contributed by atoms with Crippen molar-refractivity contribution in [2.45, 2.75) is 26.2 Å². The molecule has 0 aliphatic heterocycles. The largest absolute Gasteiger partial charge is 0.481 e. The summed E-state index contributed by atoms with van der Waals surface area (Å²) in [4.78, 5) is 21.5. The van der Waals surface area contributed by atoms with Crippen LogP contribution in [0.15, 0.2) is 24.3 Å². The fraction of sp³-hybridized carbons (Fsp3) is 0.385. The number of carboxylic acid groups (broad SMARTS) is 2. The van der Waals surface area contributed by atoms with Crippen LogP contribution < -0.4 is 0 Å². The summed E-state index contributed by atoms with van der Waals surface area (Å²) in [7, 11) is 0. The third-order valence-electron chi connectivity index (χ3n) is 2.78. The Morgan fingerprint density at radius 1 is 1.24 bits per heavy atom. The van der Waals surface area contributed by atoms with Crippen molar-refractivity contribution < 1.29 is 19.8 Å².